The van der Waals surface area contributed by atoms with Gasteiger partial charge in [-0.2, -0.15) is 0 Å². The van der Waals surface area contributed by atoms with E-state index in [1.54, 1.807) is 36.8 Å². The van der Waals surface area contributed by atoms with Crippen molar-refractivity contribution in [3.05, 3.63) is 72.4 Å². The van der Waals surface area contributed by atoms with Crippen molar-refractivity contribution in [1.82, 2.24) is 14.5 Å². The SMILES string of the molecule is OC(COCc1ccccc1F)Cn1ccnc1-c1ccccn1. The summed E-state index contributed by atoms with van der Waals surface area (Å²) in [6, 6.07) is 12.0. The second-order valence-corrected chi connectivity index (χ2v) is 5.38. The van der Waals surface area contributed by atoms with Gasteiger partial charge in [-0.1, -0.05) is 24.3 Å². The van der Waals surface area contributed by atoms with Crippen LogP contribution in [0.2, 0.25) is 0 Å². The molecule has 5 nitrogen and oxygen atoms in total. The van der Waals surface area contributed by atoms with Crippen LogP contribution < -0.4 is 0 Å². The number of nitrogens with zero attached hydrogens (tertiary/aromatic N) is 3. The topological polar surface area (TPSA) is 60.2 Å². The van der Waals surface area contributed by atoms with E-state index >= 15 is 0 Å². The lowest BCUT2D eigenvalue weighted by molar-refractivity contribution is 0.0196. The summed E-state index contributed by atoms with van der Waals surface area (Å²) in [7, 11) is 0. The van der Waals surface area contributed by atoms with E-state index < -0.39 is 6.10 Å². The second-order valence-electron chi connectivity index (χ2n) is 5.38. The fourth-order valence-electron chi connectivity index (χ4n) is 2.38. The van der Waals surface area contributed by atoms with Gasteiger partial charge in [0, 0.05) is 24.2 Å². The van der Waals surface area contributed by atoms with E-state index in [0.29, 0.717) is 17.9 Å². The molecule has 2 heterocycles. The molecule has 1 unspecified atom stereocenters. The highest BCUT2D eigenvalue weighted by Gasteiger charge is 2.12. The average molecular weight is 327 g/mol. The van der Waals surface area contributed by atoms with Crippen LogP contribution in [-0.2, 0) is 17.9 Å². The lowest BCUT2D eigenvalue weighted by Gasteiger charge is -2.14. The van der Waals surface area contributed by atoms with Crippen molar-refractivity contribution in [2.45, 2.75) is 19.3 Å². The van der Waals surface area contributed by atoms with Gasteiger partial charge in [-0.3, -0.25) is 4.98 Å². The minimum absolute atomic E-state index is 0.105. The van der Waals surface area contributed by atoms with Crippen LogP contribution in [0.3, 0.4) is 0 Å². The van der Waals surface area contributed by atoms with Gasteiger partial charge >= 0.3 is 0 Å². The average Bonchev–Trinajstić information content (AvgIpc) is 3.05. The number of halogens is 1. The summed E-state index contributed by atoms with van der Waals surface area (Å²) >= 11 is 0. The molecule has 24 heavy (non-hydrogen) atoms. The Hall–Kier alpha value is -2.57. The molecule has 1 N–H and O–H groups in total. The molecule has 0 radical (unpaired) electrons. The minimum atomic E-state index is -0.728. The molecular formula is C18H18FN3O2. The summed E-state index contributed by atoms with van der Waals surface area (Å²) in [6.45, 7) is 0.554. The third kappa shape index (κ3) is 4.04. The van der Waals surface area contributed by atoms with Gasteiger partial charge < -0.3 is 14.4 Å². The standard InChI is InChI=1S/C18H18FN3O2/c19-16-6-2-1-5-14(16)12-24-13-15(23)11-22-10-9-21-18(22)17-7-3-4-8-20-17/h1-10,15,23H,11-13H2. The largest absolute Gasteiger partial charge is 0.389 e. The minimum Gasteiger partial charge on any atom is -0.389 e. The molecule has 0 aliphatic carbocycles. The van der Waals surface area contributed by atoms with Gasteiger partial charge in [0.05, 0.1) is 25.9 Å². The maximum absolute atomic E-state index is 13.5. The molecule has 124 valence electrons. The van der Waals surface area contributed by atoms with Crippen LogP contribution in [-0.4, -0.2) is 32.4 Å². The van der Waals surface area contributed by atoms with E-state index in [1.807, 2.05) is 22.8 Å². The molecule has 2 aromatic heterocycles. The van der Waals surface area contributed by atoms with Gasteiger partial charge in [0.1, 0.15) is 11.5 Å². The summed E-state index contributed by atoms with van der Waals surface area (Å²) in [5.41, 5.74) is 1.21. The number of pyridine rings is 1. The van der Waals surface area contributed by atoms with Crippen LogP contribution in [0.25, 0.3) is 11.5 Å². The molecule has 1 atom stereocenters. The molecular weight excluding hydrogens is 309 g/mol. The molecule has 0 fully saturated rings. The maximum atomic E-state index is 13.5. The lowest BCUT2D eigenvalue weighted by Crippen LogP contribution is -2.22. The third-order valence-corrected chi connectivity index (χ3v) is 3.54. The van der Waals surface area contributed by atoms with Crippen molar-refractivity contribution in [3.8, 4) is 11.5 Å². The first kappa shape index (κ1) is 16.3. The van der Waals surface area contributed by atoms with E-state index in [4.69, 9.17) is 4.74 Å². The van der Waals surface area contributed by atoms with E-state index in [0.717, 1.165) is 5.69 Å². The first-order valence-electron chi connectivity index (χ1n) is 7.66. The van der Waals surface area contributed by atoms with Crippen molar-refractivity contribution < 1.29 is 14.2 Å². The highest BCUT2D eigenvalue weighted by Crippen LogP contribution is 2.14. The van der Waals surface area contributed by atoms with Crippen molar-refractivity contribution in [3.63, 3.8) is 0 Å². The number of hydrogen-bond acceptors (Lipinski definition) is 4. The molecule has 3 aromatic rings. The Labute approximate surface area is 139 Å². The molecule has 0 saturated heterocycles. The van der Waals surface area contributed by atoms with E-state index in [9.17, 15) is 9.50 Å². The molecule has 3 rings (SSSR count). The van der Waals surface area contributed by atoms with Gasteiger partial charge in [0.15, 0.2) is 5.82 Å². The number of aliphatic hydroxyl groups excluding tert-OH is 1. The van der Waals surface area contributed by atoms with Gasteiger partial charge in [0.25, 0.3) is 0 Å². The highest BCUT2D eigenvalue weighted by molar-refractivity contribution is 5.49. The van der Waals surface area contributed by atoms with Gasteiger partial charge in [0.2, 0.25) is 0 Å². The second kappa shape index (κ2) is 7.81. The predicted molar refractivity (Wildman–Crippen MR) is 87.5 cm³/mol. The van der Waals surface area contributed by atoms with Crippen molar-refractivity contribution in [2.24, 2.45) is 0 Å². The molecule has 0 aliphatic heterocycles. The van der Waals surface area contributed by atoms with E-state index in [-0.39, 0.29) is 19.0 Å². The molecule has 1 aromatic carbocycles. The van der Waals surface area contributed by atoms with Crippen molar-refractivity contribution in [1.29, 1.82) is 0 Å². The van der Waals surface area contributed by atoms with Crippen LogP contribution in [0.4, 0.5) is 4.39 Å². The third-order valence-electron chi connectivity index (χ3n) is 3.54. The number of ether oxygens (including phenoxy) is 1. The summed E-state index contributed by atoms with van der Waals surface area (Å²) in [5.74, 6) is 0.378. The molecule has 0 aliphatic rings. The van der Waals surface area contributed by atoms with Crippen LogP contribution in [0.5, 0.6) is 0 Å². The van der Waals surface area contributed by atoms with Crippen LogP contribution in [0.15, 0.2) is 61.1 Å². The van der Waals surface area contributed by atoms with Crippen LogP contribution >= 0.6 is 0 Å². The Bertz CT molecular complexity index is 777. The maximum Gasteiger partial charge on any atom is 0.158 e. The van der Waals surface area contributed by atoms with Crippen LogP contribution in [0, 0.1) is 5.82 Å². The predicted octanol–water partition coefficient (Wildman–Crippen LogP) is 2.66. The lowest BCUT2D eigenvalue weighted by atomic mass is 10.2. The fourth-order valence-corrected chi connectivity index (χ4v) is 2.38. The molecule has 0 spiro atoms. The van der Waals surface area contributed by atoms with Gasteiger partial charge in [-0.25, -0.2) is 9.37 Å². The summed E-state index contributed by atoms with van der Waals surface area (Å²) in [6.07, 6.45) is 4.41. The summed E-state index contributed by atoms with van der Waals surface area (Å²) in [4.78, 5) is 8.54. The zero-order valence-corrected chi connectivity index (χ0v) is 13.0. The zero-order valence-electron chi connectivity index (χ0n) is 13.0. The number of benzene rings is 1. The first-order valence-corrected chi connectivity index (χ1v) is 7.66. The van der Waals surface area contributed by atoms with E-state index in [2.05, 4.69) is 9.97 Å². The number of aromatic nitrogens is 3. The Morgan fingerprint density at radius 3 is 2.71 bits per heavy atom. The van der Waals surface area contributed by atoms with Gasteiger partial charge in [-0.05, 0) is 18.2 Å². The quantitative estimate of drug-likeness (QED) is 0.725. The highest BCUT2D eigenvalue weighted by atomic mass is 19.1. The number of hydrogen-bond donors (Lipinski definition) is 1. The Morgan fingerprint density at radius 2 is 1.92 bits per heavy atom. The number of aliphatic hydroxyl groups is 1. The van der Waals surface area contributed by atoms with Crippen LogP contribution in [0.1, 0.15) is 5.56 Å². The number of imidazole rings is 1. The fraction of sp³-hybridized carbons (Fsp3) is 0.222. The monoisotopic (exact) mass is 327 g/mol. The Morgan fingerprint density at radius 1 is 1.08 bits per heavy atom. The smallest absolute Gasteiger partial charge is 0.158 e. The summed E-state index contributed by atoms with van der Waals surface area (Å²) in [5, 5.41) is 10.2. The van der Waals surface area contributed by atoms with Gasteiger partial charge in [-0.15, -0.1) is 0 Å². The summed E-state index contributed by atoms with van der Waals surface area (Å²) < 4.78 is 20.7. The molecule has 0 saturated carbocycles. The molecule has 0 amide bonds. The zero-order chi connectivity index (χ0) is 16.8. The van der Waals surface area contributed by atoms with Crippen molar-refractivity contribution in [2.75, 3.05) is 6.61 Å². The molecule has 6 heteroatoms. The normalized spacial score (nSPS) is 12.2. The Balaban J connectivity index is 1.55. The Kier molecular flexibility index (Phi) is 5.30. The van der Waals surface area contributed by atoms with Crippen molar-refractivity contribution >= 4 is 0 Å². The number of rotatable bonds is 7. The first-order chi connectivity index (χ1) is 11.7. The van der Waals surface area contributed by atoms with E-state index in [1.165, 1.54) is 6.07 Å². The molecule has 0 bridgehead atoms.